The summed E-state index contributed by atoms with van der Waals surface area (Å²) in [5.41, 5.74) is 0.419. The minimum absolute atomic E-state index is 0.119. The van der Waals surface area contributed by atoms with Crippen LogP contribution in [0.4, 0.5) is 0 Å². The van der Waals surface area contributed by atoms with Crippen molar-refractivity contribution in [2.45, 2.75) is 102 Å². The molecule has 4 saturated carbocycles. The van der Waals surface area contributed by atoms with E-state index in [4.69, 9.17) is 4.74 Å². The number of hydrogen-bond acceptors (Lipinski definition) is 3. The summed E-state index contributed by atoms with van der Waals surface area (Å²) in [5, 5.41) is 21.4. The number of epoxide rings is 1. The first-order chi connectivity index (χ1) is 12.4. The smallest absolute Gasteiger partial charge is 0.101 e. The molecule has 5 fully saturated rings. The van der Waals surface area contributed by atoms with Crippen molar-refractivity contribution in [2.24, 2.45) is 40.9 Å². The summed E-state index contributed by atoms with van der Waals surface area (Å²) in [5.74, 6) is 3.56. The van der Waals surface area contributed by atoms with E-state index >= 15 is 0 Å². The standard InChI is InChI=1S/C23H38O3/c1-4-5-13(2)16-6-7-17-21-18(12-20-23(16,17)26-20)22(3)9-8-15(24)10-14(22)11-19(21)25/h13-21,24-25H,4-12H2,1-3H3. The van der Waals surface area contributed by atoms with Crippen LogP contribution in [0.3, 0.4) is 0 Å². The van der Waals surface area contributed by atoms with E-state index in [2.05, 4.69) is 20.8 Å². The summed E-state index contributed by atoms with van der Waals surface area (Å²) in [4.78, 5) is 0. The van der Waals surface area contributed by atoms with Crippen LogP contribution in [0.5, 0.6) is 0 Å². The summed E-state index contributed by atoms with van der Waals surface area (Å²) >= 11 is 0. The molecule has 11 atom stereocenters. The third kappa shape index (κ3) is 2.23. The normalized spacial score (nSPS) is 59.0. The van der Waals surface area contributed by atoms with Gasteiger partial charge in [-0.25, -0.2) is 0 Å². The molecule has 148 valence electrons. The maximum Gasteiger partial charge on any atom is 0.101 e. The fourth-order valence-corrected chi connectivity index (χ4v) is 8.67. The van der Waals surface area contributed by atoms with Crippen molar-refractivity contribution in [3.8, 4) is 0 Å². The van der Waals surface area contributed by atoms with Crippen LogP contribution < -0.4 is 0 Å². The highest BCUT2D eigenvalue weighted by Gasteiger charge is 2.76. The Kier molecular flexibility index (Phi) is 4.10. The van der Waals surface area contributed by atoms with E-state index in [0.717, 1.165) is 38.0 Å². The number of rotatable bonds is 3. The van der Waals surface area contributed by atoms with Gasteiger partial charge in [0.2, 0.25) is 0 Å². The molecular weight excluding hydrogens is 324 g/mol. The van der Waals surface area contributed by atoms with Gasteiger partial charge in [-0.05, 0) is 85.9 Å². The number of aliphatic hydroxyl groups is 2. The summed E-state index contributed by atoms with van der Waals surface area (Å²) in [6.07, 6.45) is 10.3. The van der Waals surface area contributed by atoms with Gasteiger partial charge in [0, 0.05) is 0 Å². The molecule has 1 heterocycles. The zero-order valence-electron chi connectivity index (χ0n) is 16.9. The summed E-state index contributed by atoms with van der Waals surface area (Å²) in [6.45, 7) is 7.22. The van der Waals surface area contributed by atoms with E-state index in [1.165, 1.54) is 25.7 Å². The quantitative estimate of drug-likeness (QED) is 0.742. The van der Waals surface area contributed by atoms with Crippen molar-refractivity contribution >= 4 is 0 Å². The number of aliphatic hydroxyl groups excluding tert-OH is 2. The molecule has 2 N–H and O–H groups in total. The molecule has 1 spiro atoms. The van der Waals surface area contributed by atoms with Crippen LogP contribution in [-0.4, -0.2) is 34.1 Å². The molecule has 5 rings (SSSR count). The van der Waals surface area contributed by atoms with E-state index in [9.17, 15) is 10.2 Å². The second-order valence-corrected chi connectivity index (χ2v) is 10.9. The number of fused-ring (bicyclic) bond motifs is 4. The van der Waals surface area contributed by atoms with Crippen LogP contribution in [0.2, 0.25) is 0 Å². The maximum atomic E-state index is 11.2. The monoisotopic (exact) mass is 362 g/mol. The lowest BCUT2D eigenvalue weighted by atomic mass is 9.46. The lowest BCUT2D eigenvalue weighted by Crippen LogP contribution is -2.59. The number of hydrogen-bond donors (Lipinski definition) is 2. The Morgan fingerprint density at radius 3 is 2.65 bits per heavy atom. The van der Waals surface area contributed by atoms with Crippen LogP contribution in [0.15, 0.2) is 0 Å². The molecule has 0 aromatic heterocycles. The van der Waals surface area contributed by atoms with Crippen molar-refractivity contribution in [1.82, 2.24) is 0 Å². The van der Waals surface area contributed by atoms with Crippen LogP contribution in [0.1, 0.15) is 78.6 Å². The molecule has 0 aromatic carbocycles. The first kappa shape index (κ1) is 17.9. The van der Waals surface area contributed by atoms with E-state index in [1.807, 2.05) is 0 Å². The van der Waals surface area contributed by atoms with Gasteiger partial charge >= 0.3 is 0 Å². The van der Waals surface area contributed by atoms with Crippen molar-refractivity contribution in [3.63, 3.8) is 0 Å². The van der Waals surface area contributed by atoms with Gasteiger partial charge in [0.15, 0.2) is 0 Å². The van der Waals surface area contributed by atoms with Crippen molar-refractivity contribution in [1.29, 1.82) is 0 Å². The average Bonchev–Trinajstić information content (AvgIpc) is 3.19. The van der Waals surface area contributed by atoms with Crippen LogP contribution in [-0.2, 0) is 4.74 Å². The molecule has 11 unspecified atom stereocenters. The molecule has 0 amide bonds. The van der Waals surface area contributed by atoms with E-state index in [1.54, 1.807) is 0 Å². The van der Waals surface area contributed by atoms with Crippen molar-refractivity contribution < 1.29 is 14.9 Å². The Labute approximate surface area is 158 Å². The predicted molar refractivity (Wildman–Crippen MR) is 102 cm³/mol. The molecular formula is C23H38O3. The highest BCUT2D eigenvalue weighted by atomic mass is 16.6. The molecule has 26 heavy (non-hydrogen) atoms. The van der Waals surface area contributed by atoms with Crippen LogP contribution in [0, 0.1) is 40.9 Å². The molecule has 0 bridgehead atoms. The summed E-state index contributed by atoms with van der Waals surface area (Å²) in [7, 11) is 0. The molecule has 5 aliphatic rings. The number of ether oxygens (including phenoxy) is 1. The van der Waals surface area contributed by atoms with Crippen molar-refractivity contribution in [2.75, 3.05) is 0 Å². The van der Waals surface area contributed by atoms with Gasteiger partial charge in [-0.2, -0.15) is 0 Å². The molecule has 3 nitrogen and oxygen atoms in total. The van der Waals surface area contributed by atoms with Crippen molar-refractivity contribution in [3.05, 3.63) is 0 Å². The fourth-order valence-electron chi connectivity index (χ4n) is 8.67. The van der Waals surface area contributed by atoms with Gasteiger partial charge in [0.1, 0.15) is 5.60 Å². The fraction of sp³-hybridized carbons (Fsp3) is 1.00. The Balaban J connectivity index is 1.44. The Morgan fingerprint density at radius 1 is 1.08 bits per heavy atom. The average molecular weight is 363 g/mol. The van der Waals surface area contributed by atoms with Gasteiger partial charge in [0.25, 0.3) is 0 Å². The lowest BCUT2D eigenvalue weighted by molar-refractivity contribution is -0.150. The highest BCUT2D eigenvalue weighted by molar-refractivity contribution is 5.23. The molecule has 1 aliphatic heterocycles. The molecule has 3 heteroatoms. The van der Waals surface area contributed by atoms with Crippen LogP contribution >= 0.6 is 0 Å². The zero-order valence-corrected chi connectivity index (χ0v) is 16.9. The second-order valence-electron chi connectivity index (χ2n) is 10.9. The van der Waals surface area contributed by atoms with E-state index in [0.29, 0.717) is 41.1 Å². The summed E-state index contributed by atoms with van der Waals surface area (Å²) < 4.78 is 6.60. The highest BCUT2D eigenvalue weighted by Crippen LogP contribution is 2.72. The third-order valence-electron chi connectivity index (χ3n) is 9.89. The molecule has 0 aromatic rings. The van der Waals surface area contributed by atoms with E-state index < -0.39 is 0 Å². The van der Waals surface area contributed by atoms with Gasteiger partial charge in [0.05, 0.1) is 18.3 Å². The Bertz CT molecular complexity index is 564. The van der Waals surface area contributed by atoms with Gasteiger partial charge < -0.3 is 14.9 Å². The summed E-state index contributed by atoms with van der Waals surface area (Å²) in [6, 6.07) is 0. The minimum Gasteiger partial charge on any atom is -0.393 e. The lowest BCUT2D eigenvalue weighted by Gasteiger charge is -2.59. The molecule has 1 saturated heterocycles. The minimum atomic E-state index is -0.185. The van der Waals surface area contributed by atoms with Gasteiger partial charge in [-0.15, -0.1) is 0 Å². The third-order valence-corrected chi connectivity index (χ3v) is 9.89. The second kappa shape index (κ2) is 5.94. The van der Waals surface area contributed by atoms with Gasteiger partial charge in [-0.1, -0.05) is 33.6 Å². The Morgan fingerprint density at radius 2 is 1.88 bits per heavy atom. The van der Waals surface area contributed by atoms with Gasteiger partial charge in [-0.3, -0.25) is 0 Å². The van der Waals surface area contributed by atoms with Crippen LogP contribution in [0.25, 0.3) is 0 Å². The topological polar surface area (TPSA) is 53.0 Å². The largest absolute Gasteiger partial charge is 0.393 e. The van der Waals surface area contributed by atoms with E-state index in [-0.39, 0.29) is 17.8 Å². The first-order valence-corrected chi connectivity index (χ1v) is 11.5. The Hall–Kier alpha value is -0.120. The maximum absolute atomic E-state index is 11.2. The first-order valence-electron chi connectivity index (χ1n) is 11.5. The molecule has 4 aliphatic carbocycles. The molecule has 0 radical (unpaired) electrons. The zero-order chi connectivity index (χ0) is 18.3. The predicted octanol–water partition coefficient (Wildman–Crippen LogP) is 4.15. The SMILES string of the molecule is CCCC(C)C1CCC2C3C(O)CC4CC(O)CCC4(C)C3CC3OC312.